The average Bonchev–Trinajstić information content (AvgIpc) is 3.32. The van der Waals surface area contributed by atoms with Crippen molar-refractivity contribution in [2.75, 3.05) is 0 Å². The van der Waals surface area contributed by atoms with Crippen molar-refractivity contribution in [3.63, 3.8) is 0 Å². The van der Waals surface area contributed by atoms with Crippen LogP contribution in [-0.4, -0.2) is 36.7 Å². The van der Waals surface area contributed by atoms with Crippen molar-refractivity contribution >= 4 is 11.6 Å². The fourth-order valence-corrected chi connectivity index (χ4v) is 2.83. The maximum Gasteiger partial charge on any atom is 0.258 e. The molecule has 9 heteroatoms. The molecule has 0 bridgehead atoms. The zero-order valence-electron chi connectivity index (χ0n) is 16.3. The Hall–Kier alpha value is -3.75. The summed E-state index contributed by atoms with van der Waals surface area (Å²) in [7, 11) is 0. The lowest BCUT2D eigenvalue weighted by atomic mass is 10.2. The van der Waals surface area contributed by atoms with Gasteiger partial charge in [-0.15, -0.1) is 10.2 Å². The van der Waals surface area contributed by atoms with E-state index in [1.54, 1.807) is 41.7 Å². The third-order valence-electron chi connectivity index (χ3n) is 4.15. The summed E-state index contributed by atoms with van der Waals surface area (Å²) in [6.07, 6.45) is 1.89. The third-order valence-corrected chi connectivity index (χ3v) is 4.15. The second-order valence-corrected chi connectivity index (χ2v) is 6.78. The second-order valence-electron chi connectivity index (χ2n) is 6.78. The van der Waals surface area contributed by atoms with Gasteiger partial charge in [0.25, 0.3) is 11.8 Å². The molecule has 0 spiro atoms. The molecule has 0 radical (unpaired) electrons. The minimum atomic E-state index is -0.198. The quantitative estimate of drug-likeness (QED) is 0.537. The monoisotopic (exact) mass is 392 g/mol. The Bertz CT molecular complexity index is 1150. The van der Waals surface area contributed by atoms with Gasteiger partial charge in [0, 0.05) is 17.3 Å². The number of aryl methyl sites for hydroxylation is 1. The summed E-state index contributed by atoms with van der Waals surface area (Å²) in [5.41, 5.74) is 1.92. The van der Waals surface area contributed by atoms with Crippen LogP contribution >= 0.6 is 0 Å². The van der Waals surface area contributed by atoms with Crippen LogP contribution in [0.15, 0.2) is 47.1 Å². The average molecular weight is 392 g/mol. The number of hydrogen-bond acceptors (Lipinski definition) is 7. The zero-order chi connectivity index (χ0) is 20.4. The van der Waals surface area contributed by atoms with E-state index in [0.717, 1.165) is 11.3 Å². The number of benzene rings is 1. The van der Waals surface area contributed by atoms with E-state index in [1.807, 2.05) is 26.1 Å². The number of rotatable bonds is 6. The Labute approximate surface area is 166 Å². The van der Waals surface area contributed by atoms with E-state index < -0.39 is 0 Å². The summed E-state index contributed by atoms with van der Waals surface area (Å²) in [5, 5.41) is 15.0. The molecular formula is C20H20N6O3. The highest BCUT2D eigenvalue weighted by atomic mass is 16.5. The van der Waals surface area contributed by atoms with Gasteiger partial charge < -0.3 is 14.6 Å². The van der Waals surface area contributed by atoms with Crippen molar-refractivity contribution in [2.45, 2.75) is 33.4 Å². The Morgan fingerprint density at radius 3 is 2.69 bits per heavy atom. The Morgan fingerprint density at radius 1 is 1.21 bits per heavy atom. The lowest BCUT2D eigenvalue weighted by molar-refractivity contribution is 0.0949. The van der Waals surface area contributed by atoms with Gasteiger partial charge in [0.05, 0.1) is 12.6 Å². The molecule has 0 unspecified atom stereocenters. The van der Waals surface area contributed by atoms with Crippen LogP contribution in [-0.2, 0) is 6.54 Å². The van der Waals surface area contributed by atoms with Crippen LogP contribution in [0.5, 0.6) is 5.75 Å². The molecule has 0 aliphatic carbocycles. The van der Waals surface area contributed by atoms with Crippen molar-refractivity contribution in [1.82, 2.24) is 30.1 Å². The maximum atomic E-state index is 12.4. The molecule has 0 aliphatic rings. The van der Waals surface area contributed by atoms with E-state index in [1.165, 1.54) is 0 Å². The fourth-order valence-electron chi connectivity index (χ4n) is 2.83. The maximum absolute atomic E-state index is 12.4. The molecule has 1 aromatic carbocycles. The number of amides is 1. The van der Waals surface area contributed by atoms with Gasteiger partial charge in [0.15, 0.2) is 17.3 Å². The number of carbonyl (C=O) groups excluding carboxylic acids is 1. The number of aromatic nitrogens is 5. The van der Waals surface area contributed by atoms with Crippen molar-refractivity contribution < 1.29 is 14.1 Å². The van der Waals surface area contributed by atoms with E-state index in [4.69, 9.17) is 9.26 Å². The first-order chi connectivity index (χ1) is 14.0. The molecular weight excluding hydrogens is 372 g/mol. The van der Waals surface area contributed by atoms with E-state index in [9.17, 15) is 4.79 Å². The SMILES string of the molecule is Cc1noc(-c2ccn3c(CNC(=O)c4ccc(OC(C)C)cc4)nnc3c2)n1. The standard InChI is InChI=1S/C20H20N6O3/c1-12(2)28-16-6-4-14(5-7-16)19(27)21-11-18-24-23-17-10-15(8-9-26(17)18)20-22-13(3)25-29-20/h4-10,12H,11H2,1-3H3,(H,21,27). The summed E-state index contributed by atoms with van der Waals surface area (Å²) in [4.78, 5) is 16.6. The Kier molecular flexibility index (Phi) is 4.94. The van der Waals surface area contributed by atoms with Crippen LogP contribution in [0.2, 0.25) is 0 Å². The zero-order valence-corrected chi connectivity index (χ0v) is 16.3. The van der Waals surface area contributed by atoms with Crippen LogP contribution in [0, 0.1) is 6.92 Å². The summed E-state index contributed by atoms with van der Waals surface area (Å²) >= 11 is 0. The molecule has 29 heavy (non-hydrogen) atoms. The lowest BCUT2D eigenvalue weighted by Gasteiger charge is -2.10. The van der Waals surface area contributed by atoms with E-state index in [-0.39, 0.29) is 18.6 Å². The number of carbonyl (C=O) groups is 1. The summed E-state index contributed by atoms with van der Waals surface area (Å²) in [6, 6.07) is 10.7. The predicted molar refractivity (Wildman–Crippen MR) is 104 cm³/mol. The van der Waals surface area contributed by atoms with Crippen LogP contribution in [0.4, 0.5) is 0 Å². The molecule has 0 atom stereocenters. The van der Waals surface area contributed by atoms with Gasteiger partial charge in [0.1, 0.15) is 5.75 Å². The largest absolute Gasteiger partial charge is 0.491 e. The first-order valence-corrected chi connectivity index (χ1v) is 9.19. The van der Waals surface area contributed by atoms with Gasteiger partial charge in [-0.2, -0.15) is 4.98 Å². The molecule has 148 valence electrons. The molecule has 4 rings (SSSR count). The van der Waals surface area contributed by atoms with Gasteiger partial charge >= 0.3 is 0 Å². The van der Waals surface area contributed by atoms with Crippen molar-refractivity contribution in [1.29, 1.82) is 0 Å². The Morgan fingerprint density at radius 2 is 2.00 bits per heavy atom. The van der Waals surface area contributed by atoms with Gasteiger partial charge in [-0.05, 0) is 57.2 Å². The summed E-state index contributed by atoms with van der Waals surface area (Å²) in [5.74, 6) is 2.13. The van der Waals surface area contributed by atoms with Gasteiger partial charge in [0.2, 0.25) is 0 Å². The lowest BCUT2D eigenvalue weighted by Crippen LogP contribution is -2.24. The highest BCUT2D eigenvalue weighted by Gasteiger charge is 2.12. The molecule has 4 aromatic rings. The number of ether oxygens (including phenoxy) is 1. The van der Waals surface area contributed by atoms with Crippen LogP contribution in [0.25, 0.3) is 17.1 Å². The third kappa shape index (κ3) is 4.08. The Balaban J connectivity index is 1.45. The molecule has 3 aromatic heterocycles. The topological polar surface area (TPSA) is 107 Å². The van der Waals surface area contributed by atoms with Gasteiger partial charge in [-0.1, -0.05) is 5.16 Å². The van der Waals surface area contributed by atoms with Crippen LogP contribution in [0.1, 0.15) is 35.9 Å². The summed E-state index contributed by atoms with van der Waals surface area (Å²) < 4.78 is 12.6. The highest BCUT2D eigenvalue weighted by Crippen LogP contribution is 2.19. The minimum Gasteiger partial charge on any atom is -0.491 e. The fraction of sp³-hybridized carbons (Fsp3) is 0.250. The van der Waals surface area contributed by atoms with Gasteiger partial charge in [-0.25, -0.2) is 0 Å². The molecule has 0 saturated heterocycles. The number of fused-ring (bicyclic) bond motifs is 1. The summed E-state index contributed by atoms with van der Waals surface area (Å²) in [6.45, 7) is 5.91. The molecule has 1 amide bonds. The molecule has 0 saturated carbocycles. The smallest absolute Gasteiger partial charge is 0.258 e. The van der Waals surface area contributed by atoms with Crippen LogP contribution < -0.4 is 10.1 Å². The number of nitrogens with one attached hydrogen (secondary N) is 1. The van der Waals surface area contributed by atoms with E-state index in [0.29, 0.717) is 28.8 Å². The molecule has 3 heterocycles. The number of nitrogens with zero attached hydrogens (tertiary/aromatic N) is 5. The van der Waals surface area contributed by atoms with Crippen molar-refractivity contribution in [3.8, 4) is 17.2 Å². The van der Waals surface area contributed by atoms with Crippen molar-refractivity contribution in [3.05, 3.63) is 59.8 Å². The van der Waals surface area contributed by atoms with Crippen molar-refractivity contribution in [2.24, 2.45) is 0 Å². The van der Waals surface area contributed by atoms with E-state index in [2.05, 4.69) is 25.7 Å². The van der Waals surface area contributed by atoms with Crippen LogP contribution in [0.3, 0.4) is 0 Å². The number of pyridine rings is 1. The molecule has 0 aliphatic heterocycles. The number of hydrogen-bond donors (Lipinski definition) is 1. The first kappa shape index (κ1) is 18.6. The second kappa shape index (κ2) is 7.70. The molecule has 0 fully saturated rings. The van der Waals surface area contributed by atoms with E-state index >= 15 is 0 Å². The highest BCUT2D eigenvalue weighted by molar-refractivity contribution is 5.94. The molecule has 1 N–H and O–H groups in total. The predicted octanol–water partition coefficient (Wildman–Crippen LogP) is 2.80. The normalized spacial score (nSPS) is 11.2. The van der Waals surface area contributed by atoms with Gasteiger partial charge in [-0.3, -0.25) is 9.20 Å². The first-order valence-electron chi connectivity index (χ1n) is 9.19. The minimum absolute atomic E-state index is 0.0836. The molecule has 9 nitrogen and oxygen atoms in total.